The van der Waals surface area contributed by atoms with Crippen LogP contribution in [-0.2, 0) is 26.2 Å². The van der Waals surface area contributed by atoms with Crippen LogP contribution < -0.4 is 14.4 Å². The minimum absolute atomic E-state index is 0.0849. The molecule has 0 saturated heterocycles. The first kappa shape index (κ1) is 28.8. The van der Waals surface area contributed by atoms with Crippen LogP contribution in [0, 0.1) is 6.92 Å². The SMILES string of the molecule is COc1cccc(CN(C(=O)CN(c2ccc(Cl)cc2C)S(C)(=O)=O)[C@H](C)C(=O)NC2CCCCC2)c1. The fourth-order valence-electron chi connectivity index (χ4n) is 4.61. The van der Waals surface area contributed by atoms with Crippen LogP contribution in [0.2, 0.25) is 5.02 Å². The Kier molecular flexibility index (Phi) is 9.84. The Morgan fingerprint density at radius 3 is 2.46 bits per heavy atom. The van der Waals surface area contributed by atoms with Gasteiger partial charge in [0.1, 0.15) is 18.3 Å². The zero-order valence-corrected chi connectivity index (χ0v) is 23.4. The molecule has 0 heterocycles. The molecule has 1 N–H and O–H groups in total. The van der Waals surface area contributed by atoms with Crippen LogP contribution in [0.1, 0.15) is 50.2 Å². The number of halogens is 1. The van der Waals surface area contributed by atoms with Crippen molar-refractivity contribution < 1.29 is 22.7 Å². The van der Waals surface area contributed by atoms with E-state index in [9.17, 15) is 18.0 Å². The highest BCUT2D eigenvalue weighted by Gasteiger charge is 2.31. The van der Waals surface area contributed by atoms with E-state index in [0.29, 0.717) is 22.0 Å². The van der Waals surface area contributed by atoms with Gasteiger partial charge < -0.3 is 15.0 Å². The molecule has 2 aromatic carbocycles. The number of carbonyl (C=O) groups is 2. The number of rotatable bonds is 10. The maximum atomic E-state index is 13.7. The number of carbonyl (C=O) groups excluding carboxylic acids is 2. The van der Waals surface area contributed by atoms with E-state index in [4.69, 9.17) is 16.3 Å². The van der Waals surface area contributed by atoms with Gasteiger partial charge in [0.2, 0.25) is 21.8 Å². The molecule has 2 amide bonds. The number of anilines is 1. The van der Waals surface area contributed by atoms with E-state index < -0.39 is 28.5 Å². The zero-order valence-electron chi connectivity index (χ0n) is 21.9. The molecule has 1 saturated carbocycles. The molecular weight excluding hydrogens is 514 g/mol. The minimum atomic E-state index is -3.81. The molecule has 1 fully saturated rings. The average molecular weight is 550 g/mol. The fourth-order valence-corrected chi connectivity index (χ4v) is 5.75. The van der Waals surface area contributed by atoms with Gasteiger partial charge >= 0.3 is 0 Å². The lowest BCUT2D eigenvalue weighted by molar-refractivity contribution is -0.139. The van der Waals surface area contributed by atoms with Gasteiger partial charge in [-0.15, -0.1) is 0 Å². The van der Waals surface area contributed by atoms with Gasteiger partial charge in [0, 0.05) is 17.6 Å². The molecular formula is C27H36ClN3O5S. The number of ether oxygens (including phenoxy) is 1. The highest BCUT2D eigenvalue weighted by atomic mass is 35.5. The summed E-state index contributed by atoms with van der Waals surface area (Å²) in [6, 6.07) is 11.3. The predicted octanol–water partition coefficient (Wildman–Crippen LogP) is 4.29. The van der Waals surface area contributed by atoms with Crippen molar-refractivity contribution >= 4 is 39.1 Å². The molecule has 8 nitrogen and oxygen atoms in total. The molecule has 0 unspecified atom stereocenters. The second-order valence-electron chi connectivity index (χ2n) is 9.59. The van der Waals surface area contributed by atoms with Crippen molar-refractivity contribution in [1.82, 2.24) is 10.2 Å². The molecule has 1 atom stereocenters. The van der Waals surface area contributed by atoms with E-state index in [1.165, 1.54) is 4.90 Å². The topological polar surface area (TPSA) is 96.0 Å². The first-order valence-corrected chi connectivity index (χ1v) is 14.7. The lowest BCUT2D eigenvalue weighted by Crippen LogP contribution is -2.53. The summed E-state index contributed by atoms with van der Waals surface area (Å²) in [6.07, 6.45) is 6.18. The predicted molar refractivity (Wildman–Crippen MR) is 146 cm³/mol. The van der Waals surface area contributed by atoms with Crippen molar-refractivity contribution in [1.29, 1.82) is 0 Å². The number of methoxy groups -OCH3 is 1. The lowest BCUT2D eigenvalue weighted by atomic mass is 9.95. The van der Waals surface area contributed by atoms with E-state index in [-0.39, 0.29) is 18.5 Å². The fraction of sp³-hybridized carbons (Fsp3) is 0.481. The third-order valence-electron chi connectivity index (χ3n) is 6.71. The molecule has 3 rings (SSSR count). The Morgan fingerprint density at radius 2 is 1.84 bits per heavy atom. The summed E-state index contributed by atoms with van der Waals surface area (Å²) in [5.74, 6) is -0.121. The Bertz CT molecular complexity index is 1210. The molecule has 0 aromatic heterocycles. The molecule has 2 aromatic rings. The van der Waals surface area contributed by atoms with Crippen LogP contribution in [0.15, 0.2) is 42.5 Å². The monoisotopic (exact) mass is 549 g/mol. The van der Waals surface area contributed by atoms with Gasteiger partial charge in [-0.05, 0) is 68.1 Å². The molecule has 0 bridgehead atoms. The van der Waals surface area contributed by atoms with Gasteiger partial charge in [0.05, 0.1) is 19.1 Å². The second-order valence-corrected chi connectivity index (χ2v) is 11.9. The van der Waals surface area contributed by atoms with Gasteiger partial charge in [-0.2, -0.15) is 0 Å². The van der Waals surface area contributed by atoms with Crippen LogP contribution >= 0.6 is 11.6 Å². The lowest BCUT2D eigenvalue weighted by Gasteiger charge is -2.33. The van der Waals surface area contributed by atoms with Crippen LogP contribution in [0.25, 0.3) is 0 Å². The zero-order chi connectivity index (χ0) is 27.2. The molecule has 0 aliphatic heterocycles. The van der Waals surface area contributed by atoms with Gasteiger partial charge in [-0.25, -0.2) is 8.42 Å². The molecule has 0 spiro atoms. The number of amides is 2. The summed E-state index contributed by atoms with van der Waals surface area (Å²) in [7, 11) is -2.26. The first-order valence-electron chi connectivity index (χ1n) is 12.5. The van der Waals surface area contributed by atoms with Crippen LogP contribution in [0.4, 0.5) is 5.69 Å². The maximum Gasteiger partial charge on any atom is 0.244 e. The van der Waals surface area contributed by atoms with E-state index in [0.717, 1.165) is 48.2 Å². The standard InChI is InChI=1S/C27H36ClN3O5S/c1-19-15-22(28)13-14-25(19)31(37(4,34)35)18-26(32)30(17-21-9-8-12-24(16-21)36-3)20(2)27(33)29-23-10-6-5-7-11-23/h8-9,12-16,20,23H,5-7,10-11,17-18H2,1-4H3,(H,29,33)/t20-/m1/s1. The molecule has 0 radical (unpaired) electrons. The van der Waals surface area contributed by atoms with E-state index in [2.05, 4.69) is 5.32 Å². The Morgan fingerprint density at radius 1 is 1.14 bits per heavy atom. The maximum absolute atomic E-state index is 13.7. The van der Waals surface area contributed by atoms with Gasteiger partial charge in [0.25, 0.3) is 0 Å². The second kappa shape index (κ2) is 12.6. The number of hydrogen-bond acceptors (Lipinski definition) is 5. The Hall–Kier alpha value is -2.78. The summed E-state index contributed by atoms with van der Waals surface area (Å²) in [5, 5.41) is 3.56. The number of nitrogens with zero attached hydrogens (tertiary/aromatic N) is 2. The molecule has 1 aliphatic carbocycles. The molecule has 202 valence electrons. The average Bonchev–Trinajstić information content (AvgIpc) is 2.86. The van der Waals surface area contributed by atoms with Gasteiger partial charge in [0.15, 0.2) is 0 Å². The third-order valence-corrected chi connectivity index (χ3v) is 8.07. The van der Waals surface area contributed by atoms with E-state index in [1.807, 2.05) is 12.1 Å². The first-order chi connectivity index (χ1) is 17.5. The minimum Gasteiger partial charge on any atom is -0.497 e. The van der Waals surface area contributed by atoms with Crippen LogP contribution in [0.5, 0.6) is 5.75 Å². The summed E-state index contributed by atoms with van der Waals surface area (Å²) >= 11 is 6.07. The number of nitrogens with one attached hydrogen (secondary N) is 1. The summed E-state index contributed by atoms with van der Waals surface area (Å²) < 4.78 is 31.9. The van der Waals surface area contributed by atoms with Crippen molar-refractivity contribution in [3.63, 3.8) is 0 Å². The smallest absolute Gasteiger partial charge is 0.244 e. The van der Waals surface area contributed by atoms with Crippen molar-refractivity contribution in [2.75, 3.05) is 24.2 Å². The number of sulfonamides is 1. The Labute approximate surface area is 225 Å². The number of benzene rings is 2. The van der Waals surface area contributed by atoms with Crippen molar-refractivity contribution in [3.8, 4) is 5.75 Å². The molecule has 37 heavy (non-hydrogen) atoms. The normalized spacial score (nSPS) is 15.1. The van der Waals surface area contributed by atoms with Crippen molar-refractivity contribution in [2.45, 2.75) is 64.6 Å². The number of aryl methyl sites for hydroxylation is 1. The van der Waals surface area contributed by atoms with E-state index in [1.54, 1.807) is 51.3 Å². The van der Waals surface area contributed by atoms with Gasteiger partial charge in [-0.3, -0.25) is 13.9 Å². The van der Waals surface area contributed by atoms with Crippen LogP contribution in [0.3, 0.4) is 0 Å². The summed E-state index contributed by atoms with van der Waals surface area (Å²) in [6.45, 7) is 3.07. The molecule has 1 aliphatic rings. The quantitative estimate of drug-likeness (QED) is 0.477. The highest BCUT2D eigenvalue weighted by Crippen LogP contribution is 2.26. The third kappa shape index (κ3) is 7.85. The summed E-state index contributed by atoms with van der Waals surface area (Å²) in [4.78, 5) is 28.4. The van der Waals surface area contributed by atoms with Gasteiger partial charge in [-0.1, -0.05) is 43.0 Å². The largest absolute Gasteiger partial charge is 0.497 e. The highest BCUT2D eigenvalue weighted by molar-refractivity contribution is 7.92. The summed E-state index contributed by atoms with van der Waals surface area (Å²) in [5.41, 5.74) is 1.74. The van der Waals surface area contributed by atoms with Crippen molar-refractivity contribution in [3.05, 3.63) is 58.6 Å². The van der Waals surface area contributed by atoms with Crippen molar-refractivity contribution in [2.24, 2.45) is 0 Å². The molecule has 10 heteroatoms. The Balaban J connectivity index is 1.90. The van der Waals surface area contributed by atoms with E-state index >= 15 is 0 Å². The van der Waals surface area contributed by atoms with Crippen LogP contribution in [-0.4, -0.2) is 57.1 Å². The number of hydrogen-bond donors (Lipinski definition) is 1.